The second-order valence-electron chi connectivity index (χ2n) is 4.58. The van der Waals surface area contributed by atoms with Crippen LogP contribution in [0.5, 0.6) is 0 Å². The maximum absolute atomic E-state index is 5.70. The number of H-pyrrole nitrogens is 1. The fraction of sp³-hybridized carbons (Fsp3) is 0.125. The Hall–Kier alpha value is -2.06. The average molecular weight is 236 g/mol. The van der Waals surface area contributed by atoms with Crippen molar-refractivity contribution < 1.29 is 0 Å². The molecule has 1 aromatic heterocycles. The van der Waals surface area contributed by atoms with Gasteiger partial charge in [-0.25, -0.2) is 0 Å². The van der Waals surface area contributed by atoms with Crippen molar-refractivity contribution in [1.29, 1.82) is 0 Å². The van der Waals surface area contributed by atoms with Gasteiger partial charge in [0.1, 0.15) is 0 Å². The van der Waals surface area contributed by atoms with E-state index in [4.69, 9.17) is 5.73 Å². The van der Waals surface area contributed by atoms with Crippen LogP contribution in [-0.2, 0) is 6.54 Å². The van der Waals surface area contributed by atoms with Gasteiger partial charge in [0.15, 0.2) is 0 Å². The highest BCUT2D eigenvalue weighted by molar-refractivity contribution is 5.90. The molecule has 2 heteroatoms. The smallest absolute Gasteiger partial charge is 0.0494 e. The van der Waals surface area contributed by atoms with E-state index in [-0.39, 0.29) is 0 Å². The van der Waals surface area contributed by atoms with E-state index in [1.54, 1.807) is 0 Å². The summed E-state index contributed by atoms with van der Waals surface area (Å²) in [6, 6.07) is 16.8. The normalized spacial score (nSPS) is 11.0. The number of benzene rings is 2. The molecule has 0 spiro atoms. The van der Waals surface area contributed by atoms with Crippen LogP contribution in [0, 0.1) is 6.92 Å². The fourth-order valence-corrected chi connectivity index (χ4v) is 2.39. The van der Waals surface area contributed by atoms with Gasteiger partial charge in [-0.3, -0.25) is 0 Å². The summed E-state index contributed by atoms with van der Waals surface area (Å²) in [6.45, 7) is 2.74. The first-order valence-corrected chi connectivity index (χ1v) is 6.16. The van der Waals surface area contributed by atoms with Gasteiger partial charge in [-0.2, -0.15) is 0 Å². The van der Waals surface area contributed by atoms with Crippen molar-refractivity contribution in [1.82, 2.24) is 4.98 Å². The highest BCUT2D eigenvalue weighted by Gasteiger charge is 2.09. The van der Waals surface area contributed by atoms with Crippen LogP contribution in [0.25, 0.3) is 22.2 Å². The van der Waals surface area contributed by atoms with E-state index in [0.29, 0.717) is 6.54 Å². The molecule has 0 bridgehead atoms. The zero-order valence-corrected chi connectivity index (χ0v) is 10.4. The summed E-state index contributed by atoms with van der Waals surface area (Å²) in [4.78, 5) is 3.49. The lowest BCUT2D eigenvalue weighted by atomic mass is 10.1. The van der Waals surface area contributed by atoms with Crippen LogP contribution in [0.4, 0.5) is 0 Å². The van der Waals surface area contributed by atoms with Crippen LogP contribution >= 0.6 is 0 Å². The second kappa shape index (κ2) is 4.31. The third kappa shape index (κ3) is 1.71. The van der Waals surface area contributed by atoms with Crippen LogP contribution in [-0.4, -0.2) is 4.98 Å². The highest BCUT2D eigenvalue weighted by atomic mass is 14.7. The molecule has 0 aliphatic heterocycles. The topological polar surface area (TPSA) is 41.8 Å². The summed E-state index contributed by atoms with van der Waals surface area (Å²) in [6.07, 6.45) is 0. The second-order valence-corrected chi connectivity index (χ2v) is 4.58. The molecule has 18 heavy (non-hydrogen) atoms. The molecule has 0 saturated carbocycles. The SMILES string of the molecule is Cc1c(-c2ccccc2)[nH]c2ccc(CN)cc12. The van der Waals surface area contributed by atoms with Gasteiger partial charge in [0, 0.05) is 23.1 Å². The monoisotopic (exact) mass is 236 g/mol. The summed E-state index contributed by atoms with van der Waals surface area (Å²) >= 11 is 0. The number of nitrogens with one attached hydrogen (secondary N) is 1. The van der Waals surface area contributed by atoms with Gasteiger partial charge in [-0.1, -0.05) is 36.4 Å². The molecule has 3 rings (SSSR count). The largest absolute Gasteiger partial charge is 0.354 e. The van der Waals surface area contributed by atoms with Gasteiger partial charge in [-0.15, -0.1) is 0 Å². The summed E-state index contributed by atoms with van der Waals surface area (Å²) in [5.41, 5.74) is 11.7. The molecule has 2 nitrogen and oxygen atoms in total. The molecule has 0 fully saturated rings. The number of fused-ring (bicyclic) bond motifs is 1. The lowest BCUT2D eigenvalue weighted by Gasteiger charge is -1.99. The summed E-state index contributed by atoms with van der Waals surface area (Å²) in [5.74, 6) is 0. The fourth-order valence-electron chi connectivity index (χ4n) is 2.39. The molecule has 0 radical (unpaired) electrons. The van der Waals surface area contributed by atoms with Gasteiger partial charge >= 0.3 is 0 Å². The Balaban J connectivity index is 2.23. The number of nitrogens with two attached hydrogens (primary N) is 1. The zero-order valence-electron chi connectivity index (χ0n) is 10.4. The Labute approximate surface area is 106 Å². The van der Waals surface area contributed by atoms with Gasteiger partial charge < -0.3 is 10.7 Å². The van der Waals surface area contributed by atoms with Crippen molar-refractivity contribution >= 4 is 10.9 Å². The van der Waals surface area contributed by atoms with E-state index in [2.05, 4.69) is 54.4 Å². The van der Waals surface area contributed by atoms with Crippen molar-refractivity contribution in [3.63, 3.8) is 0 Å². The van der Waals surface area contributed by atoms with E-state index in [1.165, 1.54) is 33.3 Å². The molecule has 0 unspecified atom stereocenters. The van der Waals surface area contributed by atoms with E-state index >= 15 is 0 Å². The Morgan fingerprint density at radius 1 is 1.06 bits per heavy atom. The first-order valence-electron chi connectivity index (χ1n) is 6.16. The Morgan fingerprint density at radius 3 is 2.56 bits per heavy atom. The number of hydrogen-bond acceptors (Lipinski definition) is 1. The molecule has 90 valence electrons. The van der Waals surface area contributed by atoms with E-state index in [1.807, 2.05) is 6.07 Å². The van der Waals surface area contributed by atoms with Crippen LogP contribution in [0.2, 0.25) is 0 Å². The van der Waals surface area contributed by atoms with Crippen molar-refractivity contribution in [2.45, 2.75) is 13.5 Å². The quantitative estimate of drug-likeness (QED) is 0.701. The number of rotatable bonds is 2. The average Bonchev–Trinajstić information content (AvgIpc) is 2.77. The summed E-state index contributed by atoms with van der Waals surface area (Å²) in [7, 11) is 0. The van der Waals surface area contributed by atoms with Crippen LogP contribution in [0.15, 0.2) is 48.5 Å². The van der Waals surface area contributed by atoms with Crippen molar-refractivity contribution in [2.75, 3.05) is 0 Å². The standard InChI is InChI=1S/C16H16N2/c1-11-14-9-12(10-17)7-8-15(14)18-16(11)13-5-3-2-4-6-13/h2-9,18H,10,17H2,1H3. The molecule has 0 aliphatic rings. The van der Waals surface area contributed by atoms with Crippen molar-refractivity contribution in [2.24, 2.45) is 5.73 Å². The lowest BCUT2D eigenvalue weighted by Crippen LogP contribution is -1.95. The van der Waals surface area contributed by atoms with Gasteiger partial charge in [-0.05, 0) is 35.7 Å². The molecule has 3 aromatic rings. The summed E-state index contributed by atoms with van der Waals surface area (Å²) in [5, 5.41) is 1.26. The minimum atomic E-state index is 0.585. The molecule has 0 saturated heterocycles. The number of aromatic nitrogens is 1. The Kier molecular flexibility index (Phi) is 2.65. The predicted octanol–water partition coefficient (Wildman–Crippen LogP) is 3.60. The molecule has 0 atom stereocenters. The van der Waals surface area contributed by atoms with Crippen LogP contribution in [0.3, 0.4) is 0 Å². The minimum absolute atomic E-state index is 0.585. The maximum atomic E-state index is 5.70. The zero-order chi connectivity index (χ0) is 12.5. The Bertz CT molecular complexity index is 681. The van der Waals surface area contributed by atoms with Gasteiger partial charge in [0.25, 0.3) is 0 Å². The molecular formula is C16H16N2. The third-order valence-electron chi connectivity index (χ3n) is 3.42. The number of hydrogen-bond donors (Lipinski definition) is 2. The van der Waals surface area contributed by atoms with Crippen LogP contribution < -0.4 is 5.73 Å². The van der Waals surface area contributed by atoms with Crippen molar-refractivity contribution in [3.05, 3.63) is 59.7 Å². The molecular weight excluding hydrogens is 220 g/mol. The summed E-state index contributed by atoms with van der Waals surface area (Å²) < 4.78 is 0. The first-order chi connectivity index (χ1) is 8.79. The third-order valence-corrected chi connectivity index (χ3v) is 3.42. The number of aryl methyl sites for hydroxylation is 1. The molecule has 1 heterocycles. The molecule has 3 N–H and O–H groups in total. The molecule has 0 amide bonds. The first kappa shape index (κ1) is 11.1. The van der Waals surface area contributed by atoms with Gasteiger partial charge in [0.2, 0.25) is 0 Å². The van der Waals surface area contributed by atoms with E-state index in [0.717, 1.165) is 0 Å². The van der Waals surface area contributed by atoms with Crippen molar-refractivity contribution in [3.8, 4) is 11.3 Å². The predicted molar refractivity (Wildman–Crippen MR) is 76.4 cm³/mol. The maximum Gasteiger partial charge on any atom is 0.0494 e. The number of aromatic amines is 1. The molecule has 2 aromatic carbocycles. The van der Waals surface area contributed by atoms with Gasteiger partial charge in [0.05, 0.1) is 0 Å². The highest BCUT2D eigenvalue weighted by Crippen LogP contribution is 2.29. The molecule has 0 aliphatic carbocycles. The van der Waals surface area contributed by atoms with E-state index in [9.17, 15) is 0 Å². The van der Waals surface area contributed by atoms with Crippen LogP contribution in [0.1, 0.15) is 11.1 Å². The lowest BCUT2D eigenvalue weighted by molar-refractivity contribution is 1.08. The minimum Gasteiger partial charge on any atom is -0.354 e. The van der Waals surface area contributed by atoms with E-state index < -0.39 is 0 Å². The Morgan fingerprint density at radius 2 is 1.83 bits per heavy atom.